The third kappa shape index (κ3) is 2.60. The molecule has 22 heavy (non-hydrogen) atoms. The summed E-state index contributed by atoms with van der Waals surface area (Å²) in [4.78, 5) is 12.2. The number of Topliss-reactive ketones (excluding diaryl/α,β-unsaturated/α-hetero) is 1. The average molecular weight is 298 g/mol. The Bertz CT molecular complexity index is 709. The van der Waals surface area contributed by atoms with Crippen LogP contribution < -0.4 is 5.46 Å². The molecule has 0 spiro atoms. The maximum Gasteiger partial charge on any atom is 0.488 e. The number of hydrogen-bond acceptors (Lipinski definition) is 4. The Morgan fingerprint density at radius 2 is 2.09 bits per heavy atom. The summed E-state index contributed by atoms with van der Waals surface area (Å²) in [6, 6.07) is 5.64. The maximum atomic E-state index is 12.2. The first-order valence-electron chi connectivity index (χ1n) is 7.52. The van der Waals surface area contributed by atoms with Crippen LogP contribution in [0.4, 0.5) is 0 Å². The molecule has 0 saturated heterocycles. The van der Waals surface area contributed by atoms with E-state index in [2.05, 4.69) is 10.2 Å². The number of nitrogens with one attached hydrogen (secondary N) is 1. The lowest BCUT2D eigenvalue weighted by atomic mass is 9.72. The molecule has 0 aliphatic heterocycles. The fraction of sp³-hybridized carbons (Fsp3) is 0.375. The first-order valence-corrected chi connectivity index (χ1v) is 7.52. The van der Waals surface area contributed by atoms with Gasteiger partial charge in [-0.2, -0.15) is 5.10 Å². The van der Waals surface area contributed by atoms with Gasteiger partial charge in [-0.3, -0.25) is 9.89 Å². The summed E-state index contributed by atoms with van der Waals surface area (Å²) in [6.45, 7) is 4.04. The molecule has 0 bridgehead atoms. The van der Waals surface area contributed by atoms with Crippen molar-refractivity contribution in [3.8, 4) is 0 Å². The van der Waals surface area contributed by atoms with Gasteiger partial charge in [-0.1, -0.05) is 32.0 Å². The molecule has 5 nitrogen and oxygen atoms in total. The van der Waals surface area contributed by atoms with Gasteiger partial charge in [-0.25, -0.2) is 0 Å². The summed E-state index contributed by atoms with van der Waals surface area (Å²) in [5.74, 6) is 0.388. The number of aromatic amines is 1. The molecule has 6 heteroatoms. The molecule has 0 saturated carbocycles. The fourth-order valence-corrected chi connectivity index (χ4v) is 3.18. The molecule has 1 unspecified atom stereocenters. The molecule has 1 aliphatic rings. The molecule has 0 radical (unpaired) electrons. The largest absolute Gasteiger partial charge is 0.488 e. The number of ketones is 1. The Kier molecular flexibility index (Phi) is 3.89. The Labute approximate surface area is 129 Å². The van der Waals surface area contributed by atoms with Crippen LogP contribution in [-0.4, -0.2) is 33.1 Å². The molecule has 1 atom stereocenters. The van der Waals surface area contributed by atoms with Gasteiger partial charge in [0.25, 0.3) is 0 Å². The van der Waals surface area contributed by atoms with Crippen LogP contribution >= 0.6 is 0 Å². The standard InChI is InChI=1S/C16H19BN2O3/c1-9(2)12-5-10(3-4-14(12)17(21)22)11-6-15-13(8-18-19-15)16(20)7-11/h3-5,8-9,11,21-22H,6-7H2,1-2H3,(H,18,19). The van der Waals surface area contributed by atoms with Crippen LogP contribution in [0.25, 0.3) is 0 Å². The van der Waals surface area contributed by atoms with Gasteiger partial charge in [0.1, 0.15) is 0 Å². The van der Waals surface area contributed by atoms with Crippen molar-refractivity contribution in [2.75, 3.05) is 0 Å². The van der Waals surface area contributed by atoms with E-state index in [-0.39, 0.29) is 17.6 Å². The Hall–Kier alpha value is -1.92. The van der Waals surface area contributed by atoms with Crippen LogP contribution in [0.15, 0.2) is 24.4 Å². The van der Waals surface area contributed by atoms with E-state index in [9.17, 15) is 14.8 Å². The van der Waals surface area contributed by atoms with Gasteiger partial charge in [0, 0.05) is 12.1 Å². The van der Waals surface area contributed by atoms with Gasteiger partial charge in [-0.15, -0.1) is 0 Å². The van der Waals surface area contributed by atoms with Gasteiger partial charge in [0.05, 0.1) is 11.8 Å². The van der Waals surface area contributed by atoms with Crippen LogP contribution in [0.5, 0.6) is 0 Å². The van der Waals surface area contributed by atoms with Crippen molar-refractivity contribution in [1.29, 1.82) is 0 Å². The van der Waals surface area contributed by atoms with E-state index >= 15 is 0 Å². The highest BCUT2D eigenvalue weighted by Crippen LogP contribution is 2.32. The van der Waals surface area contributed by atoms with Crippen molar-refractivity contribution in [1.82, 2.24) is 10.2 Å². The van der Waals surface area contributed by atoms with E-state index in [1.165, 1.54) is 0 Å². The molecule has 0 fully saturated rings. The van der Waals surface area contributed by atoms with E-state index in [0.29, 0.717) is 17.4 Å². The van der Waals surface area contributed by atoms with E-state index in [1.54, 1.807) is 12.3 Å². The highest BCUT2D eigenvalue weighted by atomic mass is 16.4. The second-order valence-corrected chi connectivity index (χ2v) is 6.21. The topological polar surface area (TPSA) is 86.2 Å². The quantitative estimate of drug-likeness (QED) is 0.741. The number of hydrogen-bond donors (Lipinski definition) is 3. The lowest BCUT2D eigenvalue weighted by molar-refractivity contribution is 0.0964. The lowest BCUT2D eigenvalue weighted by Gasteiger charge is -2.23. The number of fused-ring (bicyclic) bond motifs is 1. The minimum atomic E-state index is -1.47. The monoisotopic (exact) mass is 298 g/mol. The van der Waals surface area contributed by atoms with Gasteiger partial charge in [-0.05, 0) is 34.8 Å². The smallest absolute Gasteiger partial charge is 0.423 e. The Morgan fingerprint density at radius 3 is 2.77 bits per heavy atom. The summed E-state index contributed by atoms with van der Waals surface area (Å²) in [6.07, 6.45) is 2.81. The molecule has 1 aromatic heterocycles. The SMILES string of the molecule is CC(C)c1cc(C2CC(=O)c3cn[nH]c3C2)ccc1B(O)O. The van der Waals surface area contributed by atoms with Gasteiger partial charge in [0.2, 0.25) is 0 Å². The summed E-state index contributed by atoms with van der Waals surface area (Å²) < 4.78 is 0. The second-order valence-electron chi connectivity index (χ2n) is 6.21. The van der Waals surface area contributed by atoms with E-state index in [1.807, 2.05) is 26.0 Å². The van der Waals surface area contributed by atoms with Crippen LogP contribution in [-0.2, 0) is 6.42 Å². The third-order valence-electron chi connectivity index (χ3n) is 4.38. The van der Waals surface area contributed by atoms with Crippen molar-refractivity contribution in [3.63, 3.8) is 0 Å². The molecule has 0 amide bonds. The number of carbonyl (C=O) groups excluding carboxylic acids is 1. The molecule has 114 valence electrons. The Morgan fingerprint density at radius 1 is 1.32 bits per heavy atom. The number of aromatic nitrogens is 2. The number of benzene rings is 1. The summed E-state index contributed by atoms with van der Waals surface area (Å²) in [7, 11) is -1.47. The minimum absolute atomic E-state index is 0.0998. The fourth-order valence-electron chi connectivity index (χ4n) is 3.18. The molecule has 2 aromatic rings. The Balaban J connectivity index is 1.96. The van der Waals surface area contributed by atoms with E-state index in [0.717, 1.165) is 23.2 Å². The number of H-pyrrole nitrogens is 1. The first-order chi connectivity index (χ1) is 10.5. The zero-order chi connectivity index (χ0) is 15.9. The van der Waals surface area contributed by atoms with Crippen molar-refractivity contribution in [3.05, 3.63) is 46.8 Å². The number of rotatable bonds is 3. The number of carbonyl (C=O) groups is 1. The average Bonchev–Trinajstić information content (AvgIpc) is 2.95. The van der Waals surface area contributed by atoms with Gasteiger partial charge < -0.3 is 10.0 Å². The van der Waals surface area contributed by atoms with Crippen LogP contribution in [0.1, 0.15) is 59.3 Å². The molecule has 1 aromatic carbocycles. The lowest BCUT2D eigenvalue weighted by Crippen LogP contribution is -2.34. The minimum Gasteiger partial charge on any atom is -0.423 e. The molecule has 3 rings (SSSR count). The van der Waals surface area contributed by atoms with Gasteiger partial charge >= 0.3 is 7.12 Å². The molecule has 1 aliphatic carbocycles. The van der Waals surface area contributed by atoms with Crippen LogP contribution in [0.2, 0.25) is 0 Å². The summed E-state index contributed by atoms with van der Waals surface area (Å²) in [5, 5.41) is 25.8. The zero-order valence-corrected chi connectivity index (χ0v) is 12.7. The molecular weight excluding hydrogens is 279 g/mol. The number of nitrogens with zero attached hydrogens (tertiary/aromatic N) is 1. The third-order valence-corrected chi connectivity index (χ3v) is 4.38. The maximum absolute atomic E-state index is 12.2. The summed E-state index contributed by atoms with van der Waals surface area (Å²) >= 11 is 0. The van der Waals surface area contributed by atoms with E-state index < -0.39 is 7.12 Å². The van der Waals surface area contributed by atoms with Crippen LogP contribution in [0, 0.1) is 0 Å². The second kappa shape index (κ2) is 5.70. The predicted molar refractivity (Wildman–Crippen MR) is 84.3 cm³/mol. The normalized spacial score (nSPS) is 17.7. The summed E-state index contributed by atoms with van der Waals surface area (Å²) in [5.41, 5.74) is 4.08. The highest BCUT2D eigenvalue weighted by molar-refractivity contribution is 6.59. The van der Waals surface area contributed by atoms with Crippen LogP contribution in [0.3, 0.4) is 0 Å². The van der Waals surface area contributed by atoms with Crippen molar-refractivity contribution < 1.29 is 14.8 Å². The van der Waals surface area contributed by atoms with Gasteiger partial charge in [0.15, 0.2) is 5.78 Å². The highest BCUT2D eigenvalue weighted by Gasteiger charge is 2.28. The molecule has 3 N–H and O–H groups in total. The first kappa shape index (κ1) is 15.0. The van der Waals surface area contributed by atoms with E-state index in [4.69, 9.17) is 0 Å². The predicted octanol–water partition coefficient (Wildman–Crippen LogP) is 1.13. The van der Waals surface area contributed by atoms with Crippen molar-refractivity contribution in [2.24, 2.45) is 0 Å². The molecule has 1 heterocycles. The zero-order valence-electron chi connectivity index (χ0n) is 12.7. The van der Waals surface area contributed by atoms with Crippen molar-refractivity contribution in [2.45, 2.75) is 38.5 Å². The molecular formula is C16H19BN2O3. The van der Waals surface area contributed by atoms with Crippen molar-refractivity contribution >= 4 is 18.4 Å².